The third kappa shape index (κ3) is 6.41. The molecule has 0 bridgehead atoms. The van der Waals surface area contributed by atoms with Crippen LogP contribution in [0.3, 0.4) is 0 Å². The van der Waals surface area contributed by atoms with Gasteiger partial charge < -0.3 is 0 Å². The van der Waals surface area contributed by atoms with Crippen molar-refractivity contribution in [1.82, 2.24) is 5.32 Å². The highest BCUT2D eigenvalue weighted by Crippen LogP contribution is 2.18. The summed E-state index contributed by atoms with van der Waals surface area (Å²) in [6, 6.07) is 0. The highest BCUT2D eigenvalue weighted by Gasteiger charge is 2.17. The van der Waals surface area contributed by atoms with Crippen molar-refractivity contribution in [3.05, 3.63) is 0 Å². The Hall–Kier alpha value is -0.760. The van der Waals surface area contributed by atoms with Crippen LogP contribution in [0.4, 0.5) is 0 Å². The first-order valence-electron chi connectivity index (χ1n) is 4.13. The molecule has 2 atom stereocenters. The second-order valence-corrected chi connectivity index (χ2v) is 4.79. The fraction of sp³-hybridized carbons (Fsp3) is 0.750. The van der Waals surface area contributed by atoms with Gasteiger partial charge in [0.2, 0.25) is 11.8 Å². The Labute approximate surface area is 78.9 Å². The third-order valence-electron chi connectivity index (χ3n) is 1.62. The first-order chi connectivity index (χ1) is 5.93. The Balaban J connectivity index is 3.82. The molecule has 0 aliphatic carbocycles. The van der Waals surface area contributed by atoms with Gasteiger partial charge in [-0.05, 0) is 0 Å². The summed E-state index contributed by atoms with van der Waals surface area (Å²) in [6.45, 7) is 4.65. The number of rotatable bonds is 4. The summed E-state index contributed by atoms with van der Waals surface area (Å²) in [7, 11) is -1.19. The molecule has 0 aromatic rings. The van der Waals surface area contributed by atoms with Gasteiger partial charge in [-0.15, -0.1) is 0 Å². The zero-order chi connectivity index (χ0) is 10.4. The fourth-order valence-corrected chi connectivity index (χ4v) is 1.55. The van der Waals surface area contributed by atoms with E-state index in [4.69, 9.17) is 0 Å². The lowest BCUT2D eigenvalue weighted by molar-refractivity contribution is -0.131. The number of hydrogen-bond acceptors (Lipinski definition) is 3. The quantitative estimate of drug-likeness (QED) is 0.698. The smallest absolute Gasteiger partial charge is 0.296 e. The minimum atomic E-state index is -1.19. The predicted molar refractivity (Wildman–Crippen MR) is 51.0 cm³/mol. The lowest BCUT2D eigenvalue weighted by Gasteiger charge is -2.06. The van der Waals surface area contributed by atoms with Crippen molar-refractivity contribution in [2.75, 3.05) is 12.8 Å². The first-order valence-corrected chi connectivity index (χ1v) is 6.02. The van der Waals surface area contributed by atoms with E-state index < -0.39 is 7.80 Å². The first kappa shape index (κ1) is 12.2. The monoisotopic (exact) mass is 204 g/mol. The molecule has 0 aliphatic rings. The molecule has 74 valence electrons. The van der Waals surface area contributed by atoms with Crippen LogP contribution in [0.15, 0.2) is 0 Å². The van der Waals surface area contributed by atoms with Gasteiger partial charge in [-0.2, -0.15) is 0 Å². The van der Waals surface area contributed by atoms with Crippen molar-refractivity contribution in [2.45, 2.75) is 20.3 Å². The summed E-state index contributed by atoms with van der Waals surface area (Å²) in [4.78, 5) is 21.6. The number of hydrogen-bond donors (Lipinski definition) is 1. The van der Waals surface area contributed by atoms with Gasteiger partial charge in [-0.25, -0.2) is 0 Å². The van der Waals surface area contributed by atoms with Crippen LogP contribution >= 0.6 is 7.80 Å². The van der Waals surface area contributed by atoms with Crippen LogP contribution in [0.25, 0.3) is 0 Å². The molecule has 4 nitrogen and oxygen atoms in total. The van der Waals surface area contributed by atoms with Gasteiger partial charge in [0.15, 0.2) is 0 Å². The molecule has 0 aromatic heterocycles. The SMILES string of the molecule is CC(=O)NC(=O)C(C)CC[P+](C)=O. The molecular weight excluding hydrogens is 189 g/mol. The van der Waals surface area contributed by atoms with Crippen molar-refractivity contribution in [2.24, 2.45) is 5.92 Å². The molecule has 0 heterocycles. The Morgan fingerprint density at radius 3 is 2.38 bits per heavy atom. The second kappa shape index (κ2) is 5.81. The molecule has 5 heteroatoms. The molecule has 0 saturated carbocycles. The summed E-state index contributed by atoms with van der Waals surface area (Å²) < 4.78 is 10.7. The van der Waals surface area contributed by atoms with Crippen LogP contribution in [-0.4, -0.2) is 24.6 Å². The number of nitrogens with one attached hydrogen (secondary N) is 1. The summed E-state index contributed by atoms with van der Waals surface area (Å²) in [5.41, 5.74) is 0. The minimum Gasteiger partial charge on any atom is -0.296 e. The maximum atomic E-state index is 11.1. The lowest BCUT2D eigenvalue weighted by atomic mass is 10.1. The Bertz CT molecular complexity index is 227. The number of imide groups is 1. The minimum absolute atomic E-state index is 0.247. The van der Waals surface area contributed by atoms with Crippen molar-refractivity contribution in [3.63, 3.8) is 0 Å². The van der Waals surface area contributed by atoms with E-state index in [0.717, 1.165) is 0 Å². The average molecular weight is 204 g/mol. The molecule has 13 heavy (non-hydrogen) atoms. The summed E-state index contributed by atoms with van der Waals surface area (Å²) in [5, 5.41) is 2.19. The standard InChI is InChI=1S/C8H14NO3P/c1-6(4-5-13(3)12)8(11)9-7(2)10/h6H,4-5H2,1-3H3/p+1. The molecule has 0 aromatic carbocycles. The molecule has 2 unspecified atom stereocenters. The van der Waals surface area contributed by atoms with E-state index in [9.17, 15) is 14.2 Å². The van der Waals surface area contributed by atoms with Crippen molar-refractivity contribution < 1.29 is 14.2 Å². The molecule has 0 rings (SSSR count). The Morgan fingerprint density at radius 2 is 2.00 bits per heavy atom. The van der Waals surface area contributed by atoms with E-state index in [1.54, 1.807) is 13.6 Å². The summed E-state index contributed by atoms with van der Waals surface area (Å²) in [5.74, 6) is -0.884. The summed E-state index contributed by atoms with van der Waals surface area (Å²) >= 11 is 0. The van der Waals surface area contributed by atoms with Crippen LogP contribution < -0.4 is 5.32 Å². The topological polar surface area (TPSA) is 63.2 Å². The third-order valence-corrected chi connectivity index (χ3v) is 2.51. The Morgan fingerprint density at radius 1 is 1.46 bits per heavy atom. The van der Waals surface area contributed by atoms with Crippen molar-refractivity contribution >= 4 is 19.6 Å². The lowest BCUT2D eigenvalue weighted by Crippen LogP contribution is -2.33. The van der Waals surface area contributed by atoms with Crippen molar-refractivity contribution in [3.8, 4) is 0 Å². The number of carbonyl (C=O) groups excluding carboxylic acids is 2. The normalized spacial score (nSPS) is 13.3. The van der Waals surface area contributed by atoms with Crippen LogP contribution in [0, 0.1) is 5.92 Å². The van der Waals surface area contributed by atoms with Crippen LogP contribution in [0.2, 0.25) is 0 Å². The van der Waals surface area contributed by atoms with Gasteiger partial charge in [-0.1, -0.05) is 11.5 Å². The van der Waals surface area contributed by atoms with E-state index >= 15 is 0 Å². The van der Waals surface area contributed by atoms with E-state index in [1.807, 2.05) is 0 Å². The average Bonchev–Trinajstić information content (AvgIpc) is 1.98. The van der Waals surface area contributed by atoms with Gasteiger partial charge in [0.25, 0.3) is 0 Å². The molecule has 1 N–H and O–H groups in total. The highest BCUT2D eigenvalue weighted by atomic mass is 31.1. The predicted octanol–water partition coefficient (Wildman–Crippen LogP) is 1.13. The number of amides is 2. The molecule has 0 fully saturated rings. The van der Waals surface area contributed by atoms with Crippen molar-refractivity contribution in [1.29, 1.82) is 0 Å². The molecular formula is C8H15NO3P+. The maximum absolute atomic E-state index is 11.1. The molecule has 0 aliphatic heterocycles. The highest BCUT2D eigenvalue weighted by molar-refractivity contribution is 7.43. The van der Waals surface area contributed by atoms with Gasteiger partial charge >= 0.3 is 7.80 Å². The largest absolute Gasteiger partial charge is 0.335 e. The maximum Gasteiger partial charge on any atom is 0.335 e. The van der Waals surface area contributed by atoms with E-state index in [-0.39, 0.29) is 17.7 Å². The van der Waals surface area contributed by atoms with E-state index in [2.05, 4.69) is 5.32 Å². The van der Waals surface area contributed by atoms with Gasteiger partial charge in [0.1, 0.15) is 12.8 Å². The van der Waals surface area contributed by atoms with E-state index in [0.29, 0.717) is 12.6 Å². The molecule has 0 radical (unpaired) electrons. The van der Waals surface area contributed by atoms with Crippen LogP contribution in [0.1, 0.15) is 20.3 Å². The van der Waals surface area contributed by atoms with E-state index in [1.165, 1.54) is 6.92 Å². The van der Waals surface area contributed by atoms with Gasteiger partial charge in [0.05, 0.1) is 0 Å². The van der Waals surface area contributed by atoms with Crippen LogP contribution in [0.5, 0.6) is 0 Å². The van der Waals surface area contributed by atoms with Gasteiger partial charge in [-0.3, -0.25) is 14.9 Å². The summed E-state index contributed by atoms with van der Waals surface area (Å²) in [6.07, 6.45) is 1.09. The number of carbonyl (C=O) groups is 2. The molecule has 2 amide bonds. The Kier molecular flexibility index (Phi) is 5.47. The molecule has 0 saturated heterocycles. The molecule has 0 spiro atoms. The second-order valence-electron chi connectivity index (χ2n) is 3.09. The van der Waals surface area contributed by atoms with Crippen LogP contribution in [-0.2, 0) is 14.2 Å². The van der Waals surface area contributed by atoms with Gasteiger partial charge in [0, 0.05) is 19.3 Å². The fourth-order valence-electron chi connectivity index (χ4n) is 0.803. The zero-order valence-electron chi connectivity index (χ0n) is 8.16. The zero-order valence-corrected chi connectivity index (χ0v) is 9.06.